The number of halogens is 3. The smallest absolute Gasteiger partial charge is 0.303 e. The second-order valence-corrected chi connectivity index (χ2v) is 5.93. The van der Waals surface area contributed by atoms with E-state index in [0.717, 1.165) is 4.57 Å². The largest absolute Gasteiger partial charge is 0.330 e. The summed E-state index contributed by atoms with van der Waals surface area (Å²) in [5, 5.41) is 0.372. The van der Waals surface area contributed by atoms with Crippen molar-refractivity contribution in [2.75, 3.05) is 0 Å². The number of ketones is 1. The Morgan fingerprint density at radius 2 is 1.74 bits per heavy atom. The lowest BCUT2D eigenvalue weighted by molar-refractivity contribution is 0.104. The van der Waals surface area contributed by atoms with Crippen molar-refractivity contribution >= 4 is 46.7 Å². The van der Waals surface area contributed by atoms with Gasteiger partial charge in [0.1, 0.15) is 0 Å². The lowest BCUT2D eigenvalue weighted by atomic mass is 10.1. The van der Waals surface area contributed by atoms with Crippen molar-refractivity contribution in [2.45, 2.75) is 0 Å². The number of hydrogen-bond donors (Lipinski definition) is 0. The van der Waals surface area contributed by atoms with Crippen LogP contribution < -0.4 is 11.2 Å². The van der Waals surface area contributed by atoms with E-state index in [1.165, 1.54) is 49.1 Å². The van der Waals surface area contributed by atoms with Gasteiger partial charge in [0.05, 0.1) is 20.6 Å². The van der Waals surface area contributed by atoms with Gasteiger partial charge in [0, 0.05) is 25.9 Å². The average molecular weight is 374 g/mol. The monoisotopic (exact) mass is 372 g/mol. The Kier molecular flexibility index (Phi) is 5.14. The highest BCUT2D eigenvalue weighted by molar-refractivity contribution is 6.49. The molecule has 0 N–H and O–H groups in total. The molecule has 120 valence electrons. The number of rotatable bonds is 3. The number of aryl methyl sites for hydroxylation is 1. The Balaban J connectivity index is 2.42. The van der Waals surface area contributed by atoms with Gasteiger partial charge in [-0.05, 0) is 24.3 Å². The van der Waals surface area contributed by atoms with E-state index in [9.17, 15) is 14.4 Å². The van der Waals surface area contributed by atoms with Gasteiger partial charge in [0.25, 0.3) is 5.56 Å². The molecule has 0 saturated carbocycles. The predicted molar refractivity (Wildman–Crippen MR) is 91.8 cm³/mol. The molecule has 0 aliphatic rings. The third-order valence-electron chi connectivity index (χ3n) is 3.19. The van der Waals surface area contributed by atoms with Crippen LogP contribution >= 0.6 is 34.8 Å². The summed E-state index contributed by atoms with van der Waals surface area (Å²) >= 11 is 17.7. The van der Waals surface area contributed by atoms with Crippen LogP contribution in [0.25, 0.3) is 6.08 Å². The summed E-state index contributed by atoms with van der Waals surface area (Å²) in [7, 11) is 2.87. The molecule has 1 aromatic carbocycles. The third-order valence-corrected chi connectivity index (χ3v) is 4.48. The Morgan fingerprint density at radius 3 is 2.39 bits per heavy atom. The van der Waals surface area contributed by atoms with E-state index >= 15 is 0 Å². The van der Waals surface area contributed by atoms with Crippen LogP contribution in [0.5, 0.6) is 0 Å². The van der Waals surface area contributed by atoms with Crippen LogP contribution in [0.3, 0.4) is 0 Å². The van der Waals surface area contributed by atoms with E-state index in [1.807, 2.05) is 0 Å². The molecule has 8 heteroatoms. The molecular formula is C15H11Cl3N2O3. The molecule has 0 bridgehead atoms. The van der Waals surface area contributed by atoms with Crippen molar-refractivity contribution < 1.29 is 4.79 Å². The number of benzene rings is 1. The van der Waals surface area contributed by atoms with E-state index in [2.05, 4.69) is 0 Å². The van der Waals surface area contributed by atoms with Crippen molar-refractivity contribution in [3.63, 3.8) is 0 Å². The summed E-state index contributed by atoms with van der Waals surface area (Å²) in [6, 6.07) is 2.91. The van der Waals surface area contributed by atoms with Crippen molar-refractivity contribution in [3.8, 4) is 0 Å². The molecule has 0 aliphatic heterocycles. The van der Waals surface area contributed by atoms with Gasteiger partial charge in [0.2, 0.25) is 0 Å². The van der Waals surface area contributed by atoms with Crippen LogP contribution in [0.1, 0.15) is 15.9 Å². The standard InChI is InChI=1S/C15H11Cl3N2O3/c1-19-7-8(14(22)20(2)15(19)23)3-6-11(21)9-4-5-10(16)13(18)12(9)17/h3-7H,1-2H3. The first kappa shape index (κ1) is 17.5. The van der Waals surface area contributed by atoms with Crippen LogP contribution in [0.2, 0.25) is 15.1 Å². The molecule has 0 aliphatic carbocycles. The minimum absolute atomic E-state index is 0.0437. The Bertz CT molecular complexity index is 942. The van der Waals surface area contributed by atoms with E-state index < -0.39 is 17.0 Å². The van der Waals surface area contributed by atoms with Crippen LogP contribution in [-0.4, -0.2) is 14.9 Å². The molecule has 0 saturated heterocycles. The second-order valence-electron chi connectivity index (χ2n) is 4.76. The Labute approximate surface area is 146 Å². The molecule has 1 aromatic heterocycles. The number of carbonyl (C=O) groups excluding carboxylic acids is 1. The molecule has 0 amide bonds. The van der Waals surface area contributed by atoms with Gasteiger partial charge in [-0.3, -0.25) is 14.2 Å². The molecule has 23 heavy (non-hydrogen) atoms. The first-order valence-electron chi connectivity index (χ1n) is 6.36. The number of hydrogen-bond acceptors (Lipinski definition) is 3. The fourth-order valence-corrected chi connectivity index (χ4v) is 2.55. The maximum atomic E-state index is 12.2. The SMILES string of the molecule is Cn1cc(C=CC(=O)c2ccc(Cl)c(Cl)c2Cl)c(=O)n(C)c1=O. The molecule has 0 radical (unpaired) electrons. The zero-order valence-electron chi connectivity index (χ0n) is 12.1. The van der Waals surface area contributed by atoms with E-state index in [4.69, 9.17) is 34.8 Å². The highest BCUT2D eigenvalue weighted by Gasteiger charge is 2.13. The van der Waals surface area contributed by atoms with E-state index in [-0.39, 0.29) is 26.2 Å². The molecule has 5 nitrogen and oxygen atoms in total. The van der Waals surface area contributed by atoms with Gasteiger partial charge >= 0.3 is 5.69 Å². The van der Waals surface area contributed by atoms with Gasteiger partial charge < -0.3 is 4.57 Å². The Hall–Kier alpha value is -1.82. The van der Waals surface area contributed by atoms with Gasteiger partial charge in [-0.25, -0.2) is 4.79 Å². The zero-order chi connectivity index (χ0) is 17.3. The van der Waals surface area contributed by atoms with Crippen molar-refractivity contribution in [1.82, 2.24) is 9.13 Å². The summed E-state index contributed by atoms with van der Waals surface area (Å²) in [6.45, 7) is 0. The van der Waals surface area contributed by atoms with Crippen LogP contribution in [0.15, 0.2) is 34.0 Å². The quantitative estimate of drug-likeness (QED) is 0.472. The molecule has 0 spiro atoms. The maximum absolute atomic E-state index is 12.2. The molecule has 2 aromatic rings. The summed E-state index contributed by atoms with van der Waals surface area (Å²) in [5.74, 6) is -0.440. The van der Waals surface area contributed by atoms with Gasteiger partial charge in [-0.2, -0.15) is 0 Å². The molecule has 0 unspecified atom stereocenters. The first-order chi connectivity index (χ1) is 10.7. The van der Waals surface area contributed by atoms with Gasteiger partial charge in [-0.1, -0.05) is 34.8 Å². The Morgan fingerprint density at radius 1 is 1.09 bits per heavy atom. The molecule has 0 atom stereocenters. The topological polar surface area (TPSA) is 61.1 Å². The average Bonchev–Trinajstić information content (AvgIpc) is 2.52. The van der Waals surface area contributed by atoms with Crippen molar-refractivity contribution in [2.24, 2.45) is 14.1 Å². The highest BCUT2D eigenvalue weighted by atomic mass is 35.5. The second kappa shape index (κ2) is 6.74. The van der Waals surface area contributed by atoms with Gasteiger partial charge in [0.15, 0.2) is 5.78 Å². The highest BCUT2D eigenvalue weighted by Crippen LogP contribution is 2.32. The zero-order valence-corrected chi connectivity index (χ0v) is 14.4. The minimum atomic E-state index is -0.502. The normalized spacial score (nSPS) is 11.2. The first-order valence-corrected chi connectivity index (χ1v) is 7.50. The summed E-state index contributed by atoms with van der Waals surface area (Å²) in [6.07, 6.45) is 3.86. The number of allylic oxidation sites excluding steroid dienone is 1. The van der Waals surface area contributed by atoms with E-state index in [1.54, 1.807) is 0 Å². The third kappa shape index (κ3) is 3.42. The minimum Gasteiger partial charge on any atom is -0.303 e. The number of carbonyl (C=O) groups is 1. The number of nitrogens with zero attached hydrogens (tertiary/aromatic N) is 2. The fraction of sp³-hybridized carbons (Fsp3) is 0.133. The summed E-state index contributed by atoms with van der Waals surface area (Å²) in [5.41, 5.74) is -0.596. The molecule has 2 rings (SSSR count). The van der Waals surface area contributed by atoms with Crippen LogP contribution in [0, 0.1) is 0 Å². The molecule has 0 fully saturated rings. The number of aromatic nitrogens is 2. The lowest BCUT2D eigenvalue weighted by Gasteiger charge is -2.05. The summed E-state index contributed by atoms with van der Waals surface area (Å²) in [4.78, 5) is 35.8. The van der Waals surface area contributed by atoms with Crippen molar-refractivity contribution in [1.29, 1.82) is 0 Å². The maximum Gasteiger partial charge on any atom is 0.330 e. The van der Waals surface area contributed by atoms with Gasteiger partial charge in [-0.15, -0.1) is 0 Å². The van der Waals surface area contributed by atoms with E-state index in [0.29, 0.717) is 0 Å². The lowest BCUT2D eigenvalue weighted by Crippen LogP contribution is -2.37. The molecular weight excluding hydrogens is 363 g/mol. The van der Waals surface area contributed by atoms with Crippen LogP contribution in [0.4, 0.5) is 0 Å². The van der Waals surface area contributed by atoms with Crippen LogP contribution in [-0.2, 0) is 14.1 Å². The van der Waals surface area contributed by atoms with Crippen molar-refractivity contribution in [3.05, 3.63) is 71.4 Å². The summed E-state index contributed by atoms with van der Waals surface area (Å²) < 4.78 is 2.20. The fourth-order valence-electron chi connectivity index (χ4n) is 1.92. The molecule has 1 heterocycles. The predicted octanol–water partition coefficient (Wildman–Crippen LogP) is 2.94.